The van der Waals surface area contributed by atoms with E-state index in [-0.39, 0.29) is 23.5 Å². The minimum atomic E-state index is -0.516. The van der Waals surface area contributed by atoms with Gasteiger partial charge in [-0.05, 0) is 46.0 Å². The number of rotatable bonds is 4. The van der Waals surface area contributed by atoms with Gasteiger partial charge in [0.1, 0.15) is 11.2 Å². The molecule has 1 amide bonds. The SMILES string of the molecule is CCC(C)C(=N)c1cnn2c(C3CCN(C(=O)OC(C)(C)C)CC3)cc(=O)[nH]c12. The zero-order valence-electron chi connectivity index (χ0n) is 17.9. The normalized spacial score (nSPS) is 16.8. The summed E-state index contributed by atoms with van der Waals surface area (Å²) in [4.78, 5) is 29.2. The molecule has 0 radical (unpaired) electrons. The first-order valence-electron chi connectivity index (χ1n) is 10.3. The van der Waals surface area contributed by atoms with Crippen molar-refractivity contribution in [1.29, 1.82) is 5.41 Å². The van der Waals surface area contributed by atoms with Crippen molar-refractivity contribution in [2.75, 3.05) is 13.1 Å². The van der Waals surface area contributed by atoms with Crippen molar-refractivity contribution in [3.05, 3.63) is 33.9 Å². The molecule has 2 aromatic rings. The summed E-state index contributed by atoms with van der Waals surface area (Å²) >= 11 is 0. The molecule has 0 spiro atoms. The number of carbonyl (C=O) groups excluding carboxylic acids is 1. The van der Waals surface area contributed by atoms with Crippen LogP contribution in [0.5, 0.6) is 0 Å². The van der Waals surface area contributed by atoms with E-state index in [1.165, 1.54) is 0 Å². The van der Waals surface area contributed by atoms with Gasteiger partial charge >= 0.3 is 6.09 Å². The number of carbonyl (C=O) groups is 1. The molecule has 158 valence electrons. The van der Waals surface area contributed by atoms with Crippen molar-refractivity contribution in [3.8, 4) is 0 Å². The Morgan fingerprint density at radius 1 is 1.38 bits per heavy atom. The molecule has 1 unspecified atom stereocenters. The fraction of sp³-hybridized carbons (Fsp3) is 0.619. The molecule has 2 N–H and O–H groups in total. The van der Waals surface area contributed by atoms with E-state index in [0.717, 1.165) is 25.0 Å². The Labute approximate surface area is 170 Å². The van der Waals surface area contributed by atoms with Gasteiger partial charge in [0.15, 0.2) is 0 Å². The first kappa shape index (κ1) is 21.1. The van der Waals surface area contributed by atoms with Crippen molar-refractivity contribution in [3.63, 3.8) is 0 Å². The summed E-state index contributed by atoms with van der Waals surface area (Å²) in [5.74, 6) is 0.205. The second kappa shape index (κ2) is 8.00. The number of fused-ring (bicyclic) bond motifs is 1. The van der Waals surface area contributed by atoms with Crippen LogP contribution in [0.1, 0.15) is 71.1 Å². The summed E-state index contributed by atoms with van der Waals surface area (Å²) in [6.45, 7) is 10.8. The zero-order chi connectivity index (χ0) is 21.3. The van der Waals surface area contributed by atoms with Crippen LogP contribution in [-0.2, 0) is 4.74 Å². The van der Waals surface area contributed by atoms with E-state index in [4.69, 9.17) is 10.1 Å². The van der Waals surface area contributed by atoms with Crippen molar-refractivity contribution < 1.29 is 9.53 Å². The fourth-order valence-corrected chi connectivity index (χ4v) is 3.65. The van der Waals surface area contributed by atoms with E-state index in [1.54, 1.807) is 21.7 Å². The number of H-pyrrole nitrogens is 1. The first-order chi connectivity index (χ1) is 13.6. The first-order valence-corrected chi connectivity index (χ1v) is 10.3. The fourth-order valence-electron chi connectivity index (χ4n) is 3.65. The molecule has 1 atom stereocenters. The van der Waals surface area contributed by atoms with Gasteiger partial charge in [-0.1, -0.05) is 13.8 Å². The molecule has 0 aromatic carbocycles. The third-order valence-corrected chi connectivity index (χ3v) is 5.49. The quantitative estimate of drug-likeness (QED) is 0.765. The molecular formula is C21H31N5O3. The lowest BCUT2D eigenvalue weighted by atomic mass is 9.93. The van der Waals surface area contributed by atoms with Crippen LogP contribution in [0, 0.1) is 11.3 Å². The number of piperidine rings is 1. The van der Waals surface area contributed by atoms with Crippen LogP contribution in [0.3, 0.4) is 0 Å². The predicted octanol–water partition coefficient (Wildman–Crippen LogP) is 3.55. The molecule has 1 saturated heterocycles. The number of amides is 1. The Hall–Kier alpha value is -2.64. The molecule has 8 heteroatoms. The maximum atomic E-state index is 12.3. The van der Waals surface area contributed by atoms with Crippen LogP contribution in [0.25, 0.3) is 5.65 Å². The molecule has 0 aliphatic carbocycles. The summed E-state index contributed by atoms with van der Waals surface area (Å²) < 4.78 is 7.21. The second-order valence-corrected chi connectivity index (χ2v) is 8.84. The van der Waals surface area contributed by atoms with E-state index in [9.17, 15) is 9.59 Å². The van der Waals surface area contributed by atoms with Crippen LogP contribution < -0.4 is 5.56 Å². The van der Waals surface area contributed by atoms with E-state index < -0.39 is 5.60 Å². The van der Waals surface area contributed by atoms with Gasteiger partial charge in [0.2, 0.25) is 0 Å². The molecule has 1 aliphatic rings. The largest absolute Gasteiger partial charge is 0.444 e. The molecule has 1 fully saturated rings. The summed E-state index contributed by atoms with van der Waals surface area (Å²) in [5, 5.41) is 12.9. The summed E-state index contributed by atoms with van der Waals surface area (Å²) in [7, 11) is 0. The third kappa shape index (κ3) is 4.52. The van der Waals surface area contributed by atoms with E-state index in [0.29, 0.717) is 30.0 Å². The zero-order valence-corrected chi connectivity index (χ0v) is 17.9. The Balaban J connectivity index is 1.83. The minimum Gasteiger partial charge on any atom is -0.444 e. The number of hydrogen-bond acceptors (Lipinski definition) is 5. The van der Waals surface area contributed by atoms with Crippen LogP contribution in [-0.4, -0.2) is 50.0 Å². The second-order valence-electron chi connectivity index (χ2n) is 8.84. The maximum Gasteiger partial charge on any atom is 0.410 e. The Kier molecular flexibility index (Phi) is 5.82. The number of aromatic nitrogens is 3. The standard InChI is InChI=1S/C21H31N5O3/c1-6-13(2)18(22)15-12-23-26-16(11-17(27)24-19(15)26)14-7-9-25(10-8-14)20(28)29-21(3,4)5/h11-14,22H,6-10H2,1-5H3,(H,24,27). The average Bonchev–Trinajstić information content (AvgIpc) is 3.08. The lowest BCUT2D eigenvalue weighted by molar-refractivity contribution is 0.0203. The highest BCUT2D eigenvalue weighted by molar-refractivity contribution is 6.04. The molecule has 2 aromatic heterocycles. The highest BCUT2D eigenvalue weighted by Crippen LogP contribution is 2.29. The van der Waals surface area contributed by atoms with E-state index in [1.807, 2.05) is 34.6 Å². The number of aromatic amines is 1. The van der Waals surface area contributed by atoms with Crippen molar-refractivity contribution in [1.82, 2.24) is 19.5 Å². The van der Waals surface area contributed by atoms with Crippen LogP contribution >= 0.6 is 0 Å². The van der Waals surface area contributed by atoms with Crippen LogP contribution in [0.4, 0.5) is 4.79 Å². The van der Waals surface area contributed by atoms with Crippen LogP contribution in [0.15, 0.2) is 17.1 Å². The molecule has 29 heavy (non-hydrogen) atoms. The highest BCUT2D eigenvalue weighted by Gasteiger charge is 2.29. The number of nitrogens with zero attached hydrogens (tertiary/aromatic N) is 3. The highest BCUT2D eigenvalue weighted by atomic mass is 16.6. The number of ether oxygens (including phenoxy) is 1. The average molecular weight is 402 g/mol. The number of hydrogen-bond donors (Lipinski definition) is 2. The van der Waals surface area contributed by atoms with Crippen molar-refractivity contribution in [2.45, 2.75) is 65.4 Å². The van der Waals surface area contributed by atoms with Gasteiger partial charge in [-0.25, -0.2) is 9.31 Å². The third-order valence-electron chi connectivity index (χ3n) is 5.49. The Morgan fingerprint density at radius 3 is 2.62 bits per heavy atom. The van der Waals surface area contributed by atoms with E-state index >= 15 is 0 Å². The van der Waals surface area contributed by atoms with Crippen molar-refractivity contribution in [2.24, 2.45) is 5.92 Å². The van der Waals surface area contributed by atoms with Crippen LogP contribution in [0.2, 0.25) is 0 Å². The van der Waals surface area contributed by atoms with Gasteiger partial charge in [0.25, 0.3) is 5.56 Å². The molecular weight excluding hydrogens is 370 g/mol. The number of nitrogens with one attached hydrogen (secondary N) is 2. The van der Waals surface area contributed by atoms with Gasteiger partial charge in [0.05, 0.1) is 17.5 Å². The summed E-state index contributed by atoms with van der Waals surface area (Å²) in [6.07, 6.45) is 3.68. The van der Waals surface area contributed by atoms with Gasteiger partial charge in [-0.15, -0.1) is 0 Å². The Morgan fingerprint density at radius 2 is 2.03 bits per heavy atom. The molecule has 0 saturated carbocycles. The molecule has 8 nitrogen and oxygen atoms in total. The summed E-state index contributed by atoms with van der Waals surface area (Å²) in [5.41, 5.74) is 1.85. The molecule has 3 rings (SSSR count). The molecule has 1 aliphatic heterocycles. The lowest BCUT2D eigenvalue weighted by Gasteiger charge is -2.33. The predicted molar refractivity (Wildman–Crippen MR) is 112 cm³/mol. The van der Waals surface area contributed by atoms with E-state index in [2.05, 4.69) is 10.1 Å². The summed E-state index contributed by atoms with van der Waals surface area (Å²) in [6, 6.07) is 1.59. The van der Waals surface area contributed by atoms with Gasteiger partial charge in [-0.2, -0.15) is 5.10 Å². The topological polar surface area (TPSA) is 104 Å². The number of likely N-dealkylation sites (tertiary alicyclic amines) is 1. The smallest absolute Gasteiger partial charge is 0.410 e. The van der Waals surface area contributed by atoms with Gasteiger partial charge in [-0.3, -0.25) is 4.79 Å². The molecule has 0 bridgehead atoms. The Bertz CT molecular complexity index is 961. The lowest BCUT2D eigenvalue weighted by Crippen LogP contribution is -2.41. The maximum absolute atomic E-state index is 12.3. The molecule has 3 heterocycles. The minimum absolute atomic E-state index is 0.0900. The van der Waals surface area contributed by atoms with Gasteiger partial charge in [0, 0.05) is 30.8 Å². The monoisotopic (exact) mass is 401 g/mol. The van der Waals surface area contributed by atoms with Gasteiger partial charge < -0.3 is 20.0 Å². The van der Waals surface area contributed by atoms with Crippen molar-refractivity contribution >= 4 is 17.5 Å².